The van der Waals surface area contributed by atoms with E-state index in [1.54, 1.807) is 6.08 Å². The van der Waals surface area contributed by atoms with Gasteiger partial charge in [0, 0.05) is 6.42 Å². The minimum Gasteiger partial charge on any atom is -0.394 e. The van der Waals surface area contributed by atoms with Gasteiger partial charge in [-0.2, -0.15) is 0 Å². The van der Waals surface area contributed by atoms with Gasteiger partial charge in [0.2, 0.25) is 5.91 Å². The molecule has 0 aromatic rings. The second-order valence-electron chi connectivity index (χ2n) is 20.4. The Bertz CT molecular complexity index is 1290. The van der Waals surface area contributed by atoms with E-state index in [0.29, 0.717) is 6.42 Å². The molecule has 3 N–H and O–H groups in total. The lowest BCUT2D eigenvalue weighted by atomic mass is 10.0. The molecule has 0 aromatic heterocycles. The van der Waals surface area contributed by atoms with Crippen LogP contribution in [0.5, 0.6) is 0 Å². The van der Waals surface area contributed by atoms with E-state index in [-0.39, 0.29) is 12.5 Å². The number of carbonyl (C=O) groups is 1. The summed E-state index contributed by atoms with van der Waals surface area (Å²) in [6.07, 6.45) is 90.1. The number of rotatable bonds is 55. The van der Waals surface area contributed by atoms with E-state index >= 15 is 0 Å². The highest BCUT2D eigenvalue weighted by Crippen LogP contribution is 2.17. The number of carbonyl (C=O) groups excluding carboxylic acids is 1. The number of unbranched alkanes of at least 4 members (excludes halogenated alkanes) is 34. The highest BCUT2D eigenvalue weighted by Gasteiger charge is 2.18. The Balaban J connectivity index is 3.54. The quantitative estimate of drug-likeness (QED) is 0.0420. The van der Waals surface area contributed by atoms with Gasteiger partial charge < -0.3 is 15.5 Å². The van der Waals surface area contributed by atoms with Crippen LogP contribution in [0, 0.1) is 0 Å². The Labute approximate surface area is 436 Å². The summed E-state index contributed by atoms with van der Waals surface area (Å²) >= 11 is 0. The first kappa shape index (κ1) is 67.3. The average Bonchev–Trinajstić information content (AvgIpc) is 3.36. The molecule has 0 saturated carbocycles. The summed E-state index contributed by atoms with van der Waals surface area (Å²) in [5.41, 5.74) is 0. The number of hydrogen-bond donors (Lipinski definition) is 3. The normalized spacial score (nSPS) is 13.5. The lowest BCUT2D eigenvalue weighted by Gasteiger charge is -2.20. The van der Waals surface area contributed by atoms with Gasteiger partial charge in [0.25, 0.3) is 0 Å². The summed E-state index contributed by atoms with van der Waals surface area (Å²) in [5, 5.41) is 23.2. The fourth-order valence-corrected chi connectivity index (χ4v) is 8.98. The third-order valence-corrected chi connectivity index (χ3v) is 13.6. The molecular weight excluding hydrogens is 855 g/mol. The Morgan fingerprint density at radius 3 is 0.943 bits per heavy atom. The predicted molar refractivity (Wildman–Crippen MR) is 313 cm³/mol. The second-order valence-corrected chi connectivity index (χ2v) is 20.4. The van der Waals surface area contributed by atoms with Crippen LogP contribution in [-0.2, 0) is 4.79 Å². The summed E-state index contributed by atoms with van der Waals surface area (Å²) in [4.78, 5) is 12.5. The fourth-order valence-electron chi connectivity index (χ4n) is 8.98. The molecule has 0 rings (SSSR count). The number of nitrogens with one attached hydrogen (secondary N) is 1. The molecule has 404 valence electrons. The number of aliphatic hydroxyl groups is 2. The Morgan fingerprint density at radius 2 is 0.629 bits per heavy atom. The largest absolute Gasteiger partial charge is 0.394 e. The zero-order chi connectivity index (χ0) is 50.6. The Hall–Kier alpha value is -2.69. The summed E-state index contributed by atoms with van der Waals surface area (Å²) in [6, 6.07) is -0.631. The molecule has 4 nitrogen and oxygen atoms in total. The maximum absolute atomic E-state index is 12.5. The van der Waals surface area contributed by atoms with Crippen LogP contribution in [0.1, 0.15) is 296 Å². The van der Waals surface area contributed by atoms with Crippen LogP contribution < -0.4 is 5.32 Å². The summed E-state index contributed by atoms with van der Waals surface area (Å²) < 4.78 is 0. The van der Waals surface area contributed by atoms with E-state index in [1.165, 1.54) is 205 Å². The monoisotopic (exact) mass is 972 g/mol. The molecule has 2 atom stereocenters. The van der Waals surface area contributed by atoms with E-state index in [1.807, 2.05) is 6.08 Å². The molecule has 0 aliphatic carbocycles. The molecule has 0 aliphatic heterocycles. The van der Waals surface area contributed by atoms with Gasteiger partial charge in [-0.05, 0) is 77.0 Å². The van der Waals surface area contributed by atoms with Crippen molar-refractivity contribution in [3.63, 3.8) is 0 Å². The zero-order valence-electron chi connectivity index (χ0n) is 46.5. The number of amides is 1. The smallest absolute Gasteiger partial charge is 0.220 e. The minimum absolute atomic E-state index is 0.0679. The van der Waals surface area contributed by atoms with Crippen molar-refractivity contribution in [3.05, 3.63) is 97.2 Å². The van der Waals surface area contributed by atoms with E-state index in [0.717, 1.165) is 70.6 Å². The standard InChI is InChI=1S/C66H117NO3/c1-3-5-7-9-11-13-15-17-19-21-23-25-27-29-30-31-32-33-34-35-36-38-40-42-44-46-48-50-52-54-56-58-60-62-66(70)67-64(63-68)65(69)61-59-57-55-53-51-49-47-45-43-41-39-37-28-26-24-22-20-18-16-14-12-10-8-6-4-2/h5,7,11,13,17,19,23,25,29-30,32-33,35-36,59,61,64-65,68-69H,3-4,6,8-10,12,14-16,18,20-22,24,26-28,31,34,37-58,60,62-63H2,1-2H3,(H,67,70)/b7-5-,13-11-,19-17-,25-23-,30-29-,33-32-,36-35-,61-59+. The van der Waals surface area contributed by atoms with Crippen molar-refractivity contribution in [2.75, 3.05) is 6.61 Å². The van der Waals surface area contributed by atoms with Gasteiger partial charge in [-0.15, -0.1) is 0 Å². The van der Waals surface area contributed by atoms with Crippen molar-refractivity contribution in [1.29, 1.82) is 0 Å². The molecule has 0 radical (unpaired) electrons. The molecule has 0 saturated heterocycles. The van der Waals surface area contributed by atoms with Gasteiger partial charge in [0.05, 0.1) is 18.8 Å². The van der Waals surface area contributed by atoms with Gasteiger partial charge in [-0.3, -0.25) is 4.79 Å². The fraction of sp³-hybridized carbons (Fsp3) is 0.742. The molecule has 0 fully saturated rings. The topological polar surface area (TPSA) is 69.6 Å². The van der Waals surface area contributed by atoms with Crippen molar-refractivity contribution in [2.24, 2.45) is 0 Å². The van der Waals surface area contributed by atoms with Gasteiger partial charge in [0.15, 0.2) is 0 Å². The van der Waals surface area contributed by atoms with Crippen molar-refractivity contribution >= 4 is 5.91 Å². The highest BCUT2D eigenvalue weighted by molar-refractivity contribution is 5.76. The summed E-state index contributed by atoms with van der Waals surface area (Å²) in [6.45, 7) is 4.21. The van der Waals surface area contributed by atoms with Crippen LogP contribution in [0.2, 0.25) is 0 Å². The molecule has 0 heterocycles. The van der Waals surface area contributed by atoms with Gasteiger partial charge in [-0.1, -0.05) is 310 Å². The van der Waals surface area contributed by atoms with Gasteiger partial charge >= 0.3 is 0 Å². The van der Waals surface area contributed by atoms with Crippen LogP contribution in [0.3, 0.4) is 0 Å². The lowest BCUT2D eigenvalue weighted by molar-refractivity contribution is -0.123. The van der Waals surface area contributed by atoms with Crippen LogP contribution in [-0.4, -0.2) is 34.9 Å². The maximum atomic E-state index is 12.5. The van der Waals surface area contributed by atoms with Crippen molar-refractivity contribution < 1.29 is 15.0 Å². The molecule has 4 heteroatoms. The molecule has 0 aromatic carbocycles. The first-order valence-corrected chi connectivity index (χ1v) is 30.5. The second kappa shape index (κ2) is 60.6. The van der Waals surface area contributed by atoms with Crippen molar-refractivity contribution in [2.45, 2.75) is 309 Å². The van der Waals surface area contributed by atoms with E-state index in [2.05, 4.69) is 104 Å². The summed E-state index contributed by atoms with van der Waals surface area (Å²) in [7, 11) is 0. The van der Waals surface area contributed by atoms with Gasteiger partial charge in [0.1, 0.15) is 0 Å². The predicted octanol–water partition coefficient (Wildman–Crippen LogP) is 20.5. The zero-order valence-corrected chi connectivity index (χ0v) is 46.5. The van der Waals surface area contributed by atoms with E-state index in [4.69, 9.17) is 0 Å². The SMILES string of the molecule is CC/C=C\C/C=C\C/C=C\C/C=C\C/C=C\C/C=C\C/C=C\CCCCCCCCCCCCCC(=O)NC(CO)C(O)/C=C/CCCCCCCCCCCCCCCCCCCCCCCCC. The molecule has 0 aliphatic rings. The Morgan fingerprint density at radius 1 is 0.357 bits per heavy atom. The van der Waals surface area contributed by atoms with Crippen LogP contribution in [0.15, 0.2) is 97.2 Å². The lowest BCUT2D eigenvalue weighted by Crippen LogP contribution is -2.45. The number of aliphatic hydroxyl groups excluding tert-OH is 2. The third-order valence-electron chi connectivity index (χ3n) is 13.6. The number of hydrogen-bond acceptors (Lipinski definition) is 3. The molecule has 1 amide bonds. The van der Waals surface area contributed by atoms with Crippen LogP contribution >= 0.6 is 0 Å². The molecule has 0 spiro atoms. The number of allylic oxidation sites excluding steroid dienone is 15. The average molecular weight is 973 g/mol. The van der Waals surface area contributed by atoms with Crippen LogP contribution in [0.4, 0.5) is 0 Å². The van der Waals surface area contributed by atoms with E-state index in [9.17, 15) is 15.0 Å². The highest BCUT2D eigenvalue weighted by atomic mass is 16.3. The molecule has 70 heavy (non-hydrogen) atoms. The molecule has 0 bridgehead atoms. The molecule has 2 unspecified atom stereocenters. The van der Waals surface area contributed by atoms with E-state index < -0.39 is 12.1 Å². The summed E-state index contributed by atoms with van der Waals surface area (Å²) in [5.74, 6) is -0.0679. The Kier molecular flexibility index (Phi) is 58.3. The van der Waals surface area contributed by atoms with Crippen LogP contribution in [0.25, 0.3) is 0 Å². The first-order chi connectivity index (χ1) is 34.7. The third kappa shape index (κ3) is 56.2. The minimum atomic E-state index is -0.847. The first-order valence-electron chi connectivity index (χ1n) is 30.5. The van der Waals surface area contributed by atoms with Crippen molar-refractivity contribution in [3.8, 4) is 0 Å². The van der Waals surface area contributed by atoms with Crippen molar-refractivity contribution in [1.82, 2.24) is 5.32 Å². The molecular formula is C66H117NO3. The maximum Gasteiger partial charge on any atom is 0.220 e. The van der Waals surface area contributed by atoms with Gasteiger partial charge in [-0.25, -0.2) is 0 Å².